The molecule has 0 aromatic carbocycles. The summed E-state index contributed by atoms with van der Waals surface area (Å²) in [7, 11) is 2.62. The summed E-state index contributed by atoms with van der Waals surface area (Å²) < 4.78 is 20.2. The molecule has 0 amide bonds. The molecule has 0 aromatic rings. The number of hydrogen-bond donors (Lipinski definition) is 0. The van der Waals surface area contributed by atoms with Gasteiger partial charge in [-0.2, -0.15) is 0 Å². The van der Waals surface area contributed by atoms with Crippen molar-refractivity contribution in [2.24, 2.45) is 17.8 Å². The molecule has 1 aliphatic carbocycles. The number of unbranched alkanes of at least 4 members (excludes halogenated alkanes) is 2. The summed E-state index contributed by atoms with van der Waals surface area (Å²) in [6, 6.07) is 0. The molecular formula is C21H36O7. The molecule has 1 saturated carbocycles. The molecule has 4 atom stereocenters. The Morgan fingerprint density at radius 2 is 1.71 bits per heavy atom. The molecule has 0 aromatic heterocycles. The third-order valence-electron chi connectivity index (χ3n) is 5.49. The summed E-state index contributed by atoms with van der Waals surface area (Å²) >= 11 is 0. The molecule has 1 aliphatic rings. The van der Waals surface area contributed by atoms with Gasteiger partial charge in [0.05, 0.1) is 14.2 Å². The van der Waals surface area contributed by atoms with Crippen LogP contribution >= 0.6 is 0 Å². The first-order chi connectivity index (χ1) is 13.3. The van der Waals surface area contributed by atoms with Crippen LogP contribution in [-0.2, 0) is 28.5 Å². The van der Waals surface area contributed by atoms with Crippen molar-refractivity contribution in [3.8, 4) is 0 Å². The van der Waals surface area contributed by atoms with Gasteiger partial charge in [0.15, 0.2) is 0 Å². The van der Waals surface area contributed by atoms with E-state index in [0.717, 1.165) is 25.7 Å². The normalized spacial score (nSPS) is 23.0. The maximum atomic E-state index is 12.3. The number of carbonyl (C=O) groups is 3. The summed E-state index contributed by atoms with van der Waals surface area (Å²) in [5.41, 5.74) is 0. The van der Waals surface area contributed by atoms with Gasteiger partial charge in [-0.15, -0.1) is 0 Å². The minimum atomic E-state index is -0.992. The number of hydrogen-bond acceptors (Lipinski definition) is 7. The van der Waals surface area contributed by atoms with Gasteiger partial charge < -0.3 is 18.9 Å². The van der Waals surface area contributed by atoms with E-state index in [1.807, 2.05) is 0 Å². The van der Waals surface area contributed by atoms with Gasteiger partial charge in [0.1, 0.15) is 6.10 Å². The Kier molecular flexibility index (Phi) is 10.9. The average Bonchev–Trinajstić information content (AvgIpc) is 2.65. The van der Waals surface area contributed by atoms with Gasteiger partial charge in [-0.25, -0.2) is 9.59 Å². The number of methoxy groups -OCH3 is 2. The van der Waals surface area contributed by atoms with Crippen LogP contribution in [0.5, 0.6) is 0 Å². The molecule has 162 valence electrons. The van der Waals surface area contributed by atoms with Crippen molar-refractivity contribution < 1.29 is 33.3 Å². The molecule has 0 N–H and O–H groups in total. The highest BCUT2D eigenvalue weighted by molar-refractivity contribution is 5.77. The third kappa shape index (κ3) is 8.48. The maximum absolute atomic E-state index is 12.3. The first kappa shape index (κ1) is 24.2. The van der Waals surface area contributed by atoms with Crippen molar-refractivity contribution in [1.29, 1.82) is 0 Å². The highest BCUT2D eigenvalue weighted by Gasteiger charge is 2.35. The van der Waals surface area contributed by atoms with E-state index in [-0.39, 0.29) is 12.1 Å². The Morgan fingerprint density at radius 1 is 1.00 bits per heavy atom. The first-order valence-electron chi connectivity index (χ1n) is 10.3. The largest absolute Gasteiger partial charge is 0.509 e. The second kappa shape index (κ2) is 12.6. The van der Waals surface area contributed by atoms with E-state index in [4.69, 9.17) is 14.2 Å². The molecule has 7 heteroatoms. The van der Waals surface area contributed by atoms with Gasteiger partial charge >= 0.3 is 18.1 Å². The zero-order chi connectivity index (χ0) is 21.1. The van der Waals surface area contributed by atoms with Crippen LogP contribution in [0, 0.1) is 17.8 Å². The van der Waals surface area contributed by atoms with Crippen LogP contribution in [0.15, 0.2) is 0 Å². The van der Waals surface area contributed by atoms with Gasteiger partial charge in [0, 0.05) is 6.42 Å². The fourth-order valence-electron chi connectivity index (χ4n) is 3.75. The van der Waals surface area contributed by atoms with E-state index in [1.165, 1.54) is 14.2 Å². The van der Waals surface area contributed by atoms with Crippen molar-refractivity contribution in [2.75, 3.05) is 14.2 Å². The van der Waals surface area contributed by atoms with Gasteiger partial charge in [-0.3, -0.25) is 4.79 Å². The molecule has 0 spiro atoms. The van der Waals surface area contributed by atoms with Crippen molar-refractivity contribution in [3.63, 3.8) is 0 Å². The van der Waals surface area contributed by atoms with Crippen molar-refractivity contribution in [2.45, 2.75) is 84.3 Å². The molecule has 0 unspecified atom stereocenters. The summed E-state index contributed by atoms with van der Waals surface area (Å²) in [5, 5.41) is 0. The highest BCUT2D eigenvalue weighted by Crippen LogP contribution is 2.35. The molecule has 0 radical (unpaired) electrons. The number of carbonyl (C=O) groups excluding carboxylic acids is 3. The van der Waals surface area contributed by atoms with Crippen LogP contribution < -0.4 is 0 Å². The second-order valence-corrected chi connectivity index (χ2v) is 8.04. The Labute approximate surface area is 168 Å². The molecule has 0 aliphatic heterocycles. The maximum Gasteiger partial charge on any atom is 0.509 e. The van der Waals surface area contributed by atoms with Crippen LogP contribution in [-0.4, -0.2) is 44.5 Å². The van der Waals surface area contributed by atoms with Crippen LogP contribution in [0.3, 0.4) is 0 Å². The topological polar surface area (TPSA) is 88.1 Å². The minimum Gasteiger partial charge on any atom is -0.469 e. The Balaban J connectivity index is 2.51. The van der Waals surface area contributed by atoms with Gasteiger partial charge in [0.2, 0.25) is 6.10 Å². The van der Waals surface area contributed by atoms with Crippen molar-refractivity contribution in [3.05, 3.63) is 0 Å². The lowest BCUT2D eigenvalue weighted by atomic mass is 9.75. The monoisotopic (exact) mass is 400 g/mol. The van der Waals surface area contributed by atoms with E-state index in [2.05, 4.69) is 25.5 Å². The average molecular weight is 401 g/mol. The van der Waals surface area contributed by atoms with Crippen LogP contribution in [0.4, 0.5) is 4.79 Å². The highest BCUT2D eigenvalue weighted by atomic mass is 16.7. The predicted molar refractivity (Wildman–Crippen MR) is 104 cm³/mol. The summed E-state index contributed by atoms with van der Waals surface area (Å²) in [5.74, 6) is 0.363. The SMILES string of the molecule is COC(=O)CCCCC[C@H](OC(=O)O[C@@H]1C[C@H](C)CC[C@H]1C(C)C)C(=O)OC. The molecule has 1 fully saturated rings. The molecule has 0 bridgehead atoms. The van der Waals surface area contributed by atoms with E-state index in [0.29, 0.717) is 43.4 Å². The third-order valence-corrected chi connectivity index (χ3v) is 5.49. The van der Waals surface area contributed by atoms with Crippen LogP contribution in [0.25, 0.3) is 0 Å². The number of ether oxygens (including phenoxy) is 4. The van der Waals surface area contributed by atoms with Crippen molar-refractivity contribution >= 4 is 18.1 Å². The number of esters is 2. The standard InChI is InChI=1S/C21H36O7/c1-14(2)16-12-11-15(3)13-18(16)28-21(24)27-17(20(23)26-5)9-7-6-8-10-19(22)25-4/h14-18H,6-13H2,1-5H3/t15-,16+,17+,18-/m1/s1. The quantitative estimate of drug-likeness (QED) is 0.307. The summed E-state index contributed by atoms with van der Waals surface area (Å²) in [4.78, 5) is 35.4. The lowest BCUT2D eigenvalue weighted by molar-refractivity contribution is -0.153. The van der Waals surface area contributed by atoms with Gasteiger partial charge in [-0.05, 0) is 49.9 Å². The molecule has 7 nitrogen and oxygen atoms in total. The summed E-state index contributed by atoms with van der Waals surface area (Å²) in [6.45, 7) is 6.42. The molecule has 0 heterocycles. The summed E-state index contributed by atoms with van der Waals surface area (Å²) in [6.07, 6.45) is 3.64. The molecule has 28 heavy (non-hydrogen) atoms. The van der Waals surface area contributed by atoms with Gasteiger partial charge in [-0.1, -0.05) is 33.6 Å². The molecule has 1 rings (SSSR count). The fourth-order valence-corrected chi connectivity index (χ4v) is 3.75. The van der Waals surface area contributed by atoms with Crippen LogP contribution in [0.1, 0.15) is 72.1 Å². The Bertz CT molecular complexity index is 503. The predicted octanol–water partition coefficient (Wildman–Crippen LogP) is 4.27. The molecule has 0 saturated heterocycles. The lowest BCUT2D eigenvalue weighted by Crippen LogP contribution is -2.37. The minimum absolute atomic E-state index is 0.186. The van der Waals surface area contributed by atoms with Crippen LogP contribution in [0.2, 0.25) is 0 Å². The lowest BCUT2D eigenvalue weighted by Gasteiger charge is -2.36. The van der Waals surface area contributed by atoms with E-state index in [9.17, 15) is 14.4 Å². The number of rotatable bonds is 10. The zero-order valence-electron chi connectivity index (χ0n) is 17.9. The second-order valence-electron chi connectivity index (χ2n) is 8.04. The smallest absolute Gasteiger partial charge is 0.469 e. The Hall–Kier alpha value is -1.79. The van der Waals surface area contributed by atoms with E-state index in [1.54, 1.807) is 0 Å². The van der Waals surface area contributed by atoms with E-state index >= 15 is 0 Å². The first-order valence-corrected chi connectivity index (χ1v) is 10.3. The van der Waals surface area contributed by atoms with E-state index < -0.39 is 18.2 Å². The van der Waals surface area contributed by atoms with Gasteiger partial charge in [0.25, 0.3) is 0 Å². The Morgan fingerprint density at radius 3 is 2.32 bits per heavy atom. The molecular weight excluding hydrogens is 364 g/mol. The fraction of sp³-hybridized carbons (Fsp3) is 0.857. The zero-order valence-corrected chi connectivity index (χ0v) is 17.9. The van der Waals surface area contributed by atoms with Crippen molar-refractivity contribution in [1.82, 2.24) is 0 Å².